The molecular formula is C15H13+. The topological polar surface area (TPSA) is 0 Å². The average Bonchev–Trinajstić information content (AvgIpc) is 2.33. The van der Waals surface area contributed by atoms with Crippen LogP contribution in [0.5, 0.6) is 0 Å². The first-order valence-corrected chi connectivity index (χ1v) is 5.07. The van der Waals surface area contributed by atoms with Crippen molar-refractivity contribution in [1.82, 2.24) is 0 Å². The molecule has 0 aliphatic heterocycles. The highest BCUT2D eigenvalue weighted by molar-refractivity contribution is 5.35. The number of hydrogen-bond acceptors (Lipinski definition) is 0. The van der Waals surface area contributed by atoms with E-state index in [-0.39, 0.29) is 5.92 Å². The zero-order valence-corrected chi connectivity index (χ0v) is 8.51. The molecule has 0 aliphatic carbocycles. The first-order valence-electron chi connectivity index (χ1n) is 5.07. The summed E-state index contributed by atoms with van der Waals surface area (Å²) in [6.45, 7) is 5.71. The Morgan fingerprint density at radius 2 is 1.13 bits per heavy atom. The summed E-state index contributed by atoms with van der Waals surface area (Å²) in [4.78, 5) is 0. The lowest BCUT2D eigenvalue weighted by molar-refractivity contribution is 1.03. The molecule has 0 heterocycles. The molecule has 0 heteroatoms. The molecule has 15 heavy (non-hydrogen) atoms. The molecule has 0 saturated heterocycles. The molecule has 0 aromatic heterocycles. The zero-order chi connectivity index (χ0) is 10.5. The van der Waals surface area contributed by atoms with Crippen LogP contribution in [0.25, 0.3) is 0 Å². The third kappa shape index (κ3) is 2.12. The lowest BCUT2D eigenvalue weighted by atomic mass is 9.92. The Labute approximate surface area is 90.9 Å². The van der Waals surface area contributed by atoms with Gasteiger partial charge in [0.15, 0.2) is 6.08 Å². The second-order valence-corrected chi connectivity index (χ2v) is 3.49. The fourth-order valence-electron chi connectivity index (χ4n) is 1.74. The van der Waals surface area contributed by atoms with Gasteiger partial charge in [0, 0.05) is 0 Å². The van der Waals surface area contributed by atoms with Crippen LogP contribution in [-0.2, 0) is 0 Å². The van der Waals surface area contributed by atoms with E-state index in [1.54, 1.807) is 6.08 Å². The second-order valence-electron chi connectivity index (χ2n) is 3.49. The van der Waals surface area contributed by atoms with Crippen LogP contribution in [0.4, 0.5) is 0 Å². The molecule has 0 amide bonds. The van der Waals surface area contributed by atoms with Gasteiger partial charge in [0.1, 0.15) is 0 Å². The Hall–Kier alpha value is -1.91. The highest BCUT2D eigenvalue weighted by Crippen LogP contribution is 2.24. The van der Waals surface area contributed by atoms with Gasteiger partial charge in [0.05, 0.1) is 5.92 Å². The van der Waals surface area contributed by atoms with Crippen molar-refractivity contribution < 1.29 is 0 Å². The Morgan fingerprint density at radius 3 is 1.47 bits per heavy atom. The Morgan fingerprint density at radius 1 is 0.733 bits per heavy atom. The molecule has 0 atom stereocenters. The first-order chi connectivity index (χ1) is 7.42. The maximum absolute atomic E-state index is 5.71. The van der Waals surface area contributed by atoms with Crippen LogP contribution >= 0.6 is 0 Å². The minimum Gasteiger partial charge on any atom is -0.0622 e. The summed E-state index contributed by atoms with van der Waals surface area (Å²) in [5.74, 6) is 0.187. The monoisotopic (exact) mass is 193 g/mol. The lowest BCUT2D eigenvalue weighted by Gasteiger charge is -2.09. The minimum absolute atomic E-state index is 0.187. The molecule has 0 fully saturated rings. The predicted molar refractivity (Wildman–Crippen MR) is 63.6 cm³/mol. The van der Waals surface area contributed by atoms with E-state index in [0.29, 0.717) is 0 Å². The van der Waals surface area contributed by atoms with Crippen molar-refractivity contribution in [2.75, 3.05) is 0 Å². The molecule has 0 N–H and O–H groups in total. The predicted octanol–water partition coefficient (Wildman–Crippen LogP) is 3.81. The fraction of sp³-hybridized carbons (Fsp3) is 0.0667. The minimum atomic E-state index is 0.187. The lowest BCUT2D eigenvalue weighted by Crippen LogP contribution is -1.96. The van der Waals surface area contributed by atoms with Gasteiger partial charge in [-0.1, -0.05) is 60.7 Å². The highest BCUT2D eigenvalue weighted by atomic mass is 14.1. The summed E-state index contributed by atoms with van der Waals surface area (Å²) in [5.41, 5.74) is 2.46. The molecule has 2 rings (SSSR count). The molecule has 2 aromatic rings. The van der Waals surface area contributed by atoms with Gasteiger partial charge in [0.25, 0.3) is 0 Å². The molecule has 0 radical (unpaired) electrons. The van der Waals surface area contributed by atoms with Crippen LogP contribution in [0.3, 0.4) is 0 Å². The van der Waals surface area contributed by atoms with Crippen molar-refractivity contribution >= 4 is 0 Å². The molecule has 0 saturated carbocycles. The smallest absolute Gasteiger partial charge is 0.0622 e. The van der Waals surface area contributed by atoms with Gasteiger partial charge in [-0.2, -0.15) is 0 Å². The third-order valence-electron chi connectivity index (χ3n) is 2.51. The van der Waals surface area contributed by atoms with Crippen molar-refractivity contribution in [2.45, 2.75) is 5.92 Å². The van der Waals surface area contributed by atoms with Gasteiger partial charge in [0.2, 0.25) is 6.58 Å². The maximum atomic E-state index is 5.71. The van der Waals surface area contributed by atoms with Gasteiger partial charge >= 0.3 is 0 Å². The maximum Gasteiger partial charge on any atom is 0.202 e. The third-order valence-corrected chi connectivity index (χ3v) is 2.51. The molecule has 0 spiro atoms. The van der Waals surface area contributed by atoms with Crippen LogP contribution in [0.15, 0.2) is 66.7 Å². The number of benzene rings is 2. The molecule has 0 aliphatic rings. The van der Waals surface area contributed by atoms with Crippen molar-refractivity contribution in [3.05, 3.63) is 84.4 Å². The van der Waals surface area contributed by atoms with Gasteiger partial charge in [-0.3, -0.25) is 0 Å². The Balaban J connectivity index is 2.38. The van der Waals surface area contributed by atoms with E-state index in [4.69, 9.17) is 6.58 Å². The van der Waals surface area contributed by atoms with Crippen LogP contribution in [0.2, 0.25) is 0 Å². The van der Waals surface area contributed by atoms with Crippen LogP contribution in [0, 0.1) is 6.58 Å². The molecule has 2 aromatic carbocycles. The molecule has 0 unspecified atom stereocenters. The molecule has 0 bridgehead atoms. The van der Waals surface area contributed by atoms with E-state index in [9.17, 15) is 0 Å². The molecule has 72 valence electrons. The summed E-state index contributed by atoms with van der Waals surface area (Å²) in [7, 11) is 0. The van der Waals surface area contributed by atoms with E-state index in [2.05, 4.69) is 24.3 Å². The zero-order valence-electron chi connectivity index (χ0n) is 8.51. The van der Waals surface area contributed by atoms with Gasteiger partial charge in [-0.15, -0.1) is 0 Å². The standard InChI is InChI=1S/C15H13/c1-2-15(13-9-5-3-6-10-13)14-11-7-4-8-12-14/h1-12,15H/q+1. The normalized spacial score (nSPS) is 10.1. The van der Waals surface area contributed by atoms with Crippen molar-refractivity contribution in [2.24, 2.45) is 0 Å². The number of allylic oxidation sites excluding steroid dienone is 1. The second kappa shape index (κ2) is 4.54. The van der Waals surface area contributed by atoms with E-state index < -0.39 is 0 Å². The van der Waals surface area contributed by atoms with Gasteiger partial charge < -0.3 is 0 Å². The van der Waals surface area contributed by atoms with Crippen LogP contribution in [-0.4, -0.2) is 0 Å². The van der Waals surface area contributed by atoms with Gasteiger partial charge in [-0.25, -0.2) is 0 Å². The summed E-state index contributed by atoms with van der Waals surface area (Å²) >= 11 is 0. The summed E-state index contributed by atoms with van der Waals surface area (Å²) in [6.07, 6.45) is 1.74. The summed E-state index contributed by atoms with van der Waals surface area (Å²) in [5, 5.41) is 0. The Bertz CT molecular complexity index is 375. The average molecular weight is 193 g/mol. The number of rotatable bonds is 3. The van der Waals surface area contributed by atoms with E-state index in [1.807, 2.05) is 36.4 Å². The Kier molecular flexibility index (Phi) is 2.92. The molecule has 0 nitrogen and oxygen atoms in total. The largest absolute Gasteiger partial charge is 0.202 e. The van der Waals surface area contributed by atoms with Crippen LogP contribution < -0.4 is 0 Å². The van der Waals surface area contributed by atoms with Gasteiger partial charge in [-0.05, 0) is 11.1 Å². The quantitative estimate of drug-likeness (QED) is 0.650. The van der Waals surface area contributed by atoms with E-state index >= 15 is 0 Å². The molecular weight excluding hydrogens is 180 g/mol. The van der Waals surface area contributed by atoms with Crippen molar-refractivity contribution in [3.63, 3.8) is 0 Å². The van der Waals surface area contributed by atoms with E-state index in [0.717, 1.165) is 0 Å². The number of hydrogen-bond donors (Lipinski definition) is 0. The van der Waals surface area contributed by atoms with Crippen molar-refractivity contribution in [1.29, 1.82) is 0 Å². The van der Waals surface area contributed by atoms with E-state index in [1.165, 1.54) is 11.1 Å². The summed E-state index contributed by atoms with van der Waals surface area (Å²) in [6, 6.07) is 20.6. The first kappa shape index (κ1) is 9.64. The fourth-order valence-corrected chi connectivity index (χ4v) is 1.74. The SMILES string of the molecule is [CH+]=CC(c1ccccc1)c1ccccc1. The highest BCUT2D eigenvalue weighted by Gasteiger charge is 2.12. The van der Waals surface area contributed by atoms with Crippen molar-refractivity contribution in [3.8, 4) is 0 Å². The summed E-state index contributed by atoms with van der Waals surface area (Å²) < 4.78 is 0. The van der Waals surface area contributed by atoms with Crippen LogP contribution in [0.1, 0.15) is 17.0 Å².